The van der Waals surface area contributed by atoms with Gasteiger partial charge < -0.3 is 15.8 Å². The van der Waals surface area contributed by atoms with Gasteiger partial charge in [0, 0.05) is 31.4 Å². The first-order valence-electron chi connectivity index (χ1n) is 5.38. The lowest BCUT2D eigenvalue weighted by Crippen LogP contribution is -2.34. The number of nitrogens with zero attached hydrogens (tertiary/aromatic N) is 3. The van der Waals surface area contributed by atoms with Gasteiger partial charge in [0.1, 0.15) is 5.84 Å². The van der Waals surface area contributed by atoms with Gasteiger partial charge in [-0.3, -0.25) is 4.98 Å². The topological polar surface area (TPSA) is 74.7 Å². The van der Waals surface area contributed by atoms with Crippen LogP contribution in [0.25, 0.3) is 0 Å². The van der Waals surface area contributed by atoms with Crippen molar-refractivity contribution in [1.29, 1.82) is 0 Å². The fourth-order valence-corrected chi connectivity index (χ4v) is 1.77. The monoisotopic (exact) mass is 256 g/mol. The Labute approximate surface area is 106 Å². The van der Waals surface area contributed by atoms with E-state index in [1.54, 1.807) is 12.4 Å². The van der Waals surface area contributed by atoms with E-state index in [0.717, 1.165) is 5.69 Å². The van der Waals surface area contributed by atoms with E-state index in [1.807, 2.05) is 6.07 Å². The minimum Gasteiger partial charge on any atom is -0.409 e. The first-order chi connectivity index (χ1) is 8.06. The van der Waals surface area contributed by atoms with Gasteiger partial charge in [-0.1, -0.05) is 16.8 Å². The third-order valence-electron chi connectivity index (χ3n) is 2.42. The summed E-state index contributed by atoms with van der Waals surface area (Å²) in [5, 5.41) is 12.1. The maximum Gasteiger partial charge on any atom is 0.140 e. The Hall–Kier alpha value is -1.49. The zero-order valence-corrected chi connectivity index (χ0v) is 10.7. The highest BCUT2D eigenvalue weighted by Gasteiger charge is 2.14. The molecule has 0 amide bonds. The summed E-state index contributed by atoms with van der Waals surface area (Å²) in [6.07, 6.45) is 3.78. The first kappa shape index (κ1) is 13.6. The van der Waals surface area contributed by atoms with Crippen LogP contribution in [0.15, 0.2) is 23.6 Å². The summed E-state index contributed by atoms with van der Waals surface area (Å²) in [5.41, 5.74) is 6.37. The number of amidine groups is 1. The first-order valence-corrected chi connectivity index (χ1v) is 5.76. The van der Waals surface area contributed by atoms with Crippen LogP contribution in [0.2, 0.25) is 5.02 Å². The minimum absolute atomic E-state index is 0.209. The van der Waals surface area contributed by atoms with Gasteiger partial charge in [-0.2, -0.15) is 0 Å². The van der Waals surface area contributed by atoms with Gasteiger partial charge in [0.25, 0.3) is 0 Å². The number of hydrogen-bond acceptors (Lipinski definition) is 4. The van der Waals surface area contributed by atoms with Crippen molar-refractivity contribution in [3.8, 4) is 0 Å². The summed E-state index contributed by atoms with van der Waals surface area (Å²) < 4.78 is 0. The van der Waals surface area contributed by atoms with Crippen molar-refractivity contribution in [3.05, 3.63) is 23.5 Å². The number of hydrogen-bond donors (Lipinski definition) is 2. The highest BCUT2D eigenvalue weighted by molar-refractivity contribution is 6.33. The molecule has 0 saturated carbocycles. The average Bonchev–Trinajstić information content (AvgIpc) is 2.30. The van der Waals surface area contributed by atoms with E-state index >= 15 is 0 Å². The molecule has 0 aliphatic rings. The number of halogens is 1. The maximum atomic E-state index is 8.52. The van der Waals surface area contributed by atoms with Crippen LogP contribution in [0, 0.1) is 0 Å². The molecule has 0 aliphatic heterocycles. The van der Waals surface area contributed by atoms with Crippen LogP contribution < -0.4 is 10.6 Å². The molecule has 0 spiro atoms. The molecule has 94 valence electrons. The van der Waals surface area contributed by atoms with Crippen molar-refractivity contribution >= 4 is 23.1 Å². The number of aromatic nitrogens is 1. The molecule has 0 saturated heterocycles. The molecule has 0 unspecified atom stereocenters. The summed E-state index contributed by atoms with van der Waals surface area (Å²) in [7, 11) is 0. The summed E-state index contributed by atoms with van der Waals surface area (Å²) in [6, 6.07) is 2.12. The minimum atomic E-state index is 0.209. The molecule has 5 nitrogen and oxygen atoms in total. The smallest absolute Gasteiger partial charge is 0.140 e. The van der Waals surface area contributed by atoms with Crippen LogP contribution in [0.3, 0.4) is 0 Å². The molecule has 1 aromatic heterocycles. The van der Waals surface area contributed by atoms with Crippen molar-refractivity contribution in [1.82, 2.24) is 4.98 Å². The standard InChI is InChI=1S/C11H17ClN4O/c1-8(2)16(6-4-11(13)15-17)10-3-5-14-7-9(10)12/h3,5,7-8,17H,4,6H2,1-2H3,(H2,13,15). The molecule has 1 aromatic rings. The summed E-state index contributed by atoms with van der Waals surface area (Å²) >= 11 is 6.10. The Morgan fingerprint density at radius 1 is 1.65 bits per heavy atom. The van der Waals surface area contributed by atoms with Crippen molar-refractivity contribution < 1.29 is 5.21 Å². The van der Waals surface area contributed by atoms with E-state index in [9.17, 15) is 0 Å². The Kier molecular flexibility index (Phi) is 5.03. The molecule has 0 bridgehead atoms. The zero-order valence-electron chi connectivity index (χ0n) is 9.97. The molecule has 3 N–H and O–H groups in total. The predicted molar refractivity (Wildman–Crippen MR) is 69.8 cm³/mol. The molecule has 1 rings (SSSR count). The third-order valence-corrected chi connectivity index (χ3v) is 2.71. The van der Waals surface area contributed by atoms with Crippen LogP contribution in [0.1, 0.15) is 20.3 Å². The molecule has 6 heteroatoms. The van der Waals surface area contributed by atoms with Gasteiger partial charge in [0.15, 0.2) is 0 Å². The molecule has 0 atom stereocenters. The van der Waals surface area contributed by atoms with Gasteiger partial charge in [-0.25, -0.2) is 0 Å². The number of rotatable bonds is 5. The van der Waals surface area contributed by atoms with Crippen LogP contribution in [-0.2, 0) is 0 Å². The van der Waals surface area contributed by atoms with Crippen LogP contribution in [0.5, 0.6) is 0 Å². The van der Waals surface area contributed by atoms with Gasteiger partial charge in [0.2, 0.25) is 0 Å². The van der Waals surface area contributed by atoms with Crippen LogP contribution in [0.4, 0.5) is 5.69 Å². The lowest BCUT2D eigenvalue weighted by molar-refractivity contribution is 0.317. The van der Waals surface area contributed by atoms with Gasteiger partial charge in [-0.15, -0.1) is 0 Å². The Balaban J connectivity index is 2.83. The van der Waals surface area contributed by atoms with E-state index in [0.29, 0.717) is 18.0 Å². The van der Waals surface area contributed by atoms with E-state index in [-0.39, 0.29) is 11.9 Å². The van der Waals surface area contributed by atoms with Gasteiger partial charge >= 0.3 is 0 Å². The van der Waals surface area contributed by atoms with Crippen molar-refractivity contribution in [2.24, 2.45) is 10.9 Å². The van der Waals surface area contributed by atoms with E-state index in [4.69, 9.17) is 22.5 Å². The quantitative estimate of drug-likeness (QED) is 0.366. The highest BCUT2D eigenvalue weighted by Crippen LogP contribution is 2.25. The Morgan fingerprint density at radius 3 is 2.88 bits per heavy atom. The zero-order chi connectivity index (χ0) is 12.8. The van der Waals surface area contributed by atoms with Crippen LogP contribution in [-0.4, -0.2) is 28.6 Å². The molecule has 0 radical (unpaired) electrons. The molecule has 0 aromatic carbocycles. The second-order valence-electron chi connectivity index (χ2n) is 3.96. The number of oxime groups is 1. The average molecular weight is 257 g/mol. The lowest BCUT2D eigenvalue weighted by Gasteiger charge is -2.29. The van der Waals surface area contributed by atoms with E-state index in [1.165, 1.54) is 0 Å². The second-order valence-corrected chi connectivity index (χ2v) is 4.36. The molecular formula is C11H17ClN4O. The molecular weight excluding hydrogens is 240 g/mol. The Morgan fingerprint density at radius 2 is 2.35 bits per heavy atom. The Bertz CT molecular complexity index is 395. The van der Waals surface area contributed by atoms with Gasteiger partial charge in [-0.05, 0) is 19.9 Å². The summed E-state index contributed by atoms with van der Waals surface area (Å²) in [4.78, 5) is 6.04. The SMILES string of the molecule is CC(C)N(CCC(N)=NO)c1ccncc1Cl. The normalized spacial score (nSPS) is 11.9. The van der Waals surface area contributed by atoms with Crippen molar-refractivity contribution in [2.75, 3.05) is 11.4 Å². The molecule has 0 aliphatic carbocycles. The largest absolute Gasteiger partial charge is 0.409 e. The summed E-state index contributed by atoms with van der Waals surface area (Å²) in [6.45, 7) is 4.75. The van der Waals surface area contributed by atoms with Crippen LogP contribution >= 0.6 is 11.6 Å². The number of anilines is 1. The number of nitrogens with two attached hydrogens (primary N) is 1. The van der Waals surface area contributed by atoms with Crippen molar-refractivity contribution in [3.63, 3.8) is 0 Å². The second kappa shape index (κ2) is 6.30. The third kappa shape index (κ3) is 3.78. The summed E-state index contributed by atoms with van der Waals surface area (Å²) in [5.74, 6) is 0.209. The highest BCUT2D eigenvalue weighted by atomic mass is 35.5. The predicted octanol–water partition coefficient (Wildman–Crippen LogP) is 2.09. The maximum absolute atomic E-state index is 8.52. The van der Waals surface area contributed by atoms with Crippen molar-refractivity contribution in [2.45, 2.75) is 26.3 Å². The fourth-order valence-electron chi connectivity index (χ4n) is 1.54. The van der Waals surface area contributed by atoms with E-state index < -0.39 is 0 Å². The van der Waals surface area contributed by atoms with E-state index in [2.05, 4.69) is 28.9 Å². The molecule has 17 heavy (non-hydrogen) atoms. The lowest BCUT2D eigenvalue weighted by atomic mass is 10.2. The molecule has 1 heterocycles. The number of pyridine rings is 1. The fraction of sp³-hybridized carbons (Fsp3) is 0.455. The molecule has 0 fully saturated rings. The van der Waals surface area contributed by atoms with Gasteiger partial charge in [0.05, 0.1) is 10.7 Å².